The van der Waals surface area contributed by atoms with Gasteiger partial charge in [-0.05, 0) is 79.6 Å². The SMILES string of the molecule is COC(=O)CCCCCO[C@H]1O[C@H](COCc2ccccc2)[C@@H](OCc2ccccc2)[C@H](OCc2ccccc2)[C@@H]1O[C@H]1O[C@H](COCc2ccccc2)[C@@H](OCc2ccccc2)[C@H](OCc2ccccc2)[C@@H]1O[C@H]1O[C@H](COCc2ccccc2)[C@@H](OCc2ccccc2)[C@H](OCc2ccccc2)[C@@H]1O[C@H]1O[C@H](COCc2ccccc2)[C@@H](OCc2ccccc2)[C@H](OCc2ccccc2)[C@@H]1O. The van der Waals surface area contributed by atoms with Crippen LogP contribution in [0.25, 0.3) is 0 Å². The Bertz CT molecular complexity index is 5320. The molecule has 138 heavy (non-hydrogen) atoms. The fraction of sp³-hybridized carbons (Fsp3) is 0.365. The number of ether oxygens (including phenoxy) is 21. The van der Waals surface area contributed by atoms with E-state index in [2.05, 4.69) is 0 Å². The molecular formula is C115H126O23. The van der Waals surface area contributed by atoms with Crippen LogP contribution in [0.5, 0.6) is 0 Å². The number of benzene rings is 12. The van der Waals surface area contributed by atoms with E-state index in [9.17, 15) is 9.90 Å². The second kappa shape index (κ2) is 54.7. The van der Waals surface area contributed by atoms with E-state index >= 15 is 0 Å². The van der Waals surface area contributed by atoms with Crippen molar-refractivity contribution >= 4 is 5.97 Å². The standard InChI is InChI=1S/C115H126O23/c1-118-99(116)65-39-14-40-66-123-113-109(106(129-76-92-59-33-11-34-60-92)102(125-72-88-51-25-7-26-52-88)96(133-113)80-120-68-84-43-17-3-18-44-84)137-115-111(108(131-78-94-63-37-13-38-64-94)104(127-74-90-55-29-9-30-56-90)98(135-115)82-122-70-86-47-21-5-22-48-86)138-114-110(107(130-77-93-61-35-12-36-62-93)103(126-73-89-53-27-8-28-54-89)97(134-114)81-121-69-85-45-19-4-20-46-85)136-112-100(117)105(128-75-91-57-31-10-32-58-91)101(124-71-87-49-23-6-24-50-87)95(132-112)79-119-67-83-41-15-2-16-42-83/h2-13,15-38,41-64,95-98,100-115,117H,14,39-40,65-82H2,1H3/t95-,96-,97-,98-,100+,101-,102-,103-,104-,105-,106+,107+,108+,109+,110+,111+,112-,113+,114-,115-/m1/s1. The number of hydrogen-bond acceptors (Lipinski definition) is 23. The van der Waals surface area contributed by atoms with Gasteiger partial charge in [-0.25, -0.2) is 0 Å². The van der Waals surface area contributed by atoms with E-state index in [4.69, 9.17) is 99.5 Å². The molecule has 4 aliphatic rings. The van der Waals surface area contributed by atoms with Crippen molar-refractivity contribution in [1.82, 2.24) is 0 Å². The molecule has 16 rings (SSSR count). The van der Waals surface area contributed by atoms with Gasteiger partial charge in [0.25, 0.3) is 0 Å². The van der Waals surface area contributed by atoms with Crippen molar-refractivity contribution in [2.45, 2.75) is 228 Å². The number of methoxy groups -OCH3 is 1. The molecule has 0 aliphatic carbocycles. The van der Waals surface area contributed by atoms with Gasteiger partial charge < -0.3 is 105 Å². The summed E-state index contributed by atoms with van der Waals surface area (Å²) in [6.45, 7) is 1.09. The van der Waals surface area contributed by atoms with Crippen LogP contribution < -0.4 is 0 Å². The minimum atomic E-state index is -1.67. The van der Waals surface area contributed by atoms with Gasteiger partial charge in [-0.1, -0.05) is 370 Å². The number of carbonyl (C=O) groups excluding carboxylic acids is 1. The number of carbonyl (C=O) groups is 1. The third kappa shape index (κ3) is 30.4. The lowest BCUT2D eigenvalue weighted by molar-refractivity contribution is -0.416. The van der Waals surface area contributed by atoms with Crippen LogP contribution in [0.15, 0.2) is 364 Å². The molecule has 23 nitrogen and oxygen atoms in total. The summed E-state index contributed by atoms with van der Waals surface area (Å²) in [6, 6.07) is 118. The first kappa shape index (κ1) is 100. The molecule has 12 aromatic rings. The Morgan fingerprint density at radius 1 is 0.225 bits per heavy atom. The largest absolute Gasteiger partial charge is 0.469 e. The molecule has 4 heterocycles. The Labute approximate surface area is 809 Å². The van der Waals surface area contributed by atoms with E-state index in [1.54, 1.807) is 0 Å². The van der Waals surface area contributed by atoms with E-state index in [1.807, 2.05) is 364 Å². The van der Waals surface area contributed by atoms with Gasteiger partial charge in [0.15, 0.2) is 25.2 Å². The predicted octanol–water partition coefficient (Wildman–Crippen LogP) is 18.7. The molecule has 12 aromatic carbocycles. The third-order valence-electron chi connectivity index (χ3n) is 24.7. The monoisotopic (exact) mass is 1870 g/mol. The van der Waals surface area contributed by atoms with Crippen LogP contribution >= 0.6 is 0 Å². The van der Waals surface area contributed by atoms with Crippen LogP contribution in [0.3, 0.4) is 0 Å². The van der Waals surface area contributed by atoms with Crippen LogP contribution in [0, 0.1) is 0 Å². The van der Waals surface area contributed by atoms with Crippen molar-refractivity contribution in [2.75, 3.05) is 40.1 Å². The number of rotatable bonds is 53. The summed E-state index contributed by atoms with van der Waals surface area (Å²) >= 11 is 0. The average Bonchev–Trinajstić information content (AvgIpc) is 0.755. The maximum absolute atomic E-state index is 13.9. The fourth-order valence-corrected chi connectivity index (χ4v) is 17.4. The Balaban J connectivity index is 0.877. The van der Waals surface area contributed by atoms with Crippen molar-refractivity contribution in [3.8, 4) is 0 Å². The molecule has 4 saturated heterocycles. The lowest BCUT2D eigenvalue weighted by Crippen LogP contribution is -2.69. The van der Waals surface area contributed by atoms with Gasteiger partial charge in [0.2, 0.25) is 0 Å². The summed E-state index contributed by atoms with van der Waals surface area (Å²) in [5.74, 6) is -0.315. The summed E-state index contributed by atoms with van der Waals surface area (Å²) in [5, 5.41) is 13.9. The lowest BCUT2D eigenvalue weighted by Gasteiger charge is -2.52. The fourth-order valence-electron chi connectivity index (χ4n) is 17.4. The molecule has 0 saturated carbocycles. The first-order valence-corrected chi connectivity index (χ1v) is 47.9. The maximum Gasteiger partial charge on any atom is 0.305 e. The zero-order valence-corrected chi connectivity index (χ0v) is 78.0. The third-order valence-corrected chi connectivity index (χ3v) is 24.7. The molecule has 0 bridgehead atoms. The van der Waals surface area contributed by atoms with Gasteiger partial charge in [0, 0.05) is 13.0 Å². The zero-order chi connectivity index (χ0) is 94.2. The van der Waals surface area contributed by atoms with Crippen molar-refractivity contribution in [3.63, 3.8) is 0 Å². The highest BCUT2D eigenvalue weighted by Crippen LogP contribution is 2.42. The minimum absolute atomic E-state index is 0.00518. The topological polar surface area (TPSA) is 231 Å². The van der Waals surface area contributed by atoms with Gasteiger partial charge in [-0.15, -0.1) is 0 Å². The molecule has 20 atom stereocenters. The van der Waals surface area contributed by atoms with Gasteiger partial charge in [-0.3, -0.25) is 4.79 Å². The van der Waals surface area contributed by atoms with Crippen LogP contribution in [-0.4, -0.2) is 174 Å². The number of unbranched alkanes of at least 4 members (excludes halogenated alkanes) is 2. The minimum Gasteiger partial charge on any atom is -0.469 e. The highest BCUT2D eigenvalue weighted by Gasteiger charge is 2.60. The summed E-state index contributed by atoms with van der Waals surface area (Å²) in [4.78, 5) is 12.7. The van der Waals surface area contributed by atoms with Crippen LogP contribution in [0.1, 0.15) is 92.4 Å². The average molecular weight is 1880 g/mol. The van der Waals surface area contributed by atoms with Crippen LogP contribution in [-0.2, 0) is 184 Å². The van der Waals surface area contributed by atoms with Gasteiger partial charge in [-0.2, -0.15) is 0 Å². The van der Waals surface area contributed by atoms with Crippen LogP contribution in [0.2, 0.25) is 0 Å². The van der Waals surface area contributed by atoms with Crippen molar-refractivity contribution in [2.24, 2.45) is 0 Å². The number of hydrogen-bond donors (Lipinski definition) is 1. The molecular weight excluding hydrogens is 1750 g/mol. The molecule has 0 aromatic heterocycles. The summed E-state index contributed by atoms with van der Waals surface area (Å²) in [5.41, 5.74) is 10.4. The molecule has 0 amide bonds. The second-order valence-corrected chi connectivity index (χ2v) is 34.8. The molecule has 4 aliphatic heterocycles. The Morgan fingerprint density at radius 2 is 0.428 bits per heavy atom. The Kier molecular flexibility index (Phi) is 39.8. The molecule has 4 fully saturated rings. The molecule has 724 valence electrons. The molecule has 0 spiro atoms. The highest BCUT2D eigenvalue weighted by molar-refractivity contribution is 5.69. The molecule has 1 N–H and O–H groups in total. The first-order chi connectivity index (χ1) is 68.2. The quantitative estimate of drug-likeness (QED) is 0.0276. The number of esters is 1. The smallest absolute Gasteiger partial charge is 0.305 e. The maximum atomic E-state index is 13.9. The van der Waals surface area contributed by atoms with Crippen molar-refractivity contribution < 1.29 is 109 Å². The zero-order valence-electron chi connectivity index (χ0n) is 78.0. The van der Waals surface area contributed by atoms with Crippen molar-refractivity contribution in [3.05, 3.63) is 431 Å². The summed E-state index contributed by atoms with van der Waals surface area (Å²) in [6.07, 6.45) is -23.4. The van der Waals surface area contributed by atoms with Gasteiger partial charge in [0.05, 0.1) is 113 Å². The highest BCUT2D eigenvalue weighted by atomic mass is 16.8. The van der Waals surface area contributed by atoms with E-state index in [-0.39, 0.29) is 125 Å². The van der Waals surface area contributed by atoms with E-state index in [0.29, 0.717) is 19.3 Å². The molecule has 23 heteroatoms. The molecule has 0 radical (unpaired) electrons. The molecule has 0 unspecified atom stereocenters. The van der Waals surface area contributed by atoms with E-state index < -0.39 is 123 Å². The van der Waals surface area contributed by atoms with Crippen molar-refractivity contribution in [1.29, 1.82) is 0 Å². The number of aliphatic hydroxyl groups is 1. The van der Waals surface area contributed by atoms with Gasteiger partial charge >= 0.3 is 5.97 Å². The first-order valence-electron chi connectivity index (χ1n) is 47.9. The second-order valence-electron chi connectivity index (χ2n) is 34.8. The Hall–Kier alpha value is -10.7. The summed E-state index contributed by atoms with van der Waals surface area (Å²) < 4.78 is 154. The summed E-state index contributed by atoms with van der Waals surface area (Å²) in [7, 11) is 1.39. The van der Waals surface area contributed by atoms with E-state index in [1.165, 1.54) is 7.11 Å². The lowest BCUT2D eigenvalue weighted by atomic mass is 9.94. The normalized spacial score (nSPS) is 24.9. The Morgan fingerprint density at radius 3 is 0.681 bits per heavy atom. The number of aliphatic hydroxyl groups excluding tert-OH is 1. The predicted molar refractivity (Wildman–Crippen MR) is 516 cm³/mol. The van der Waals surface area contributed by atoms with E-state index in [0.717, 1.165) is 66.8 Å². The van der Waals surface area contributed by atoms with Gasteiger partial charge in [0.1, 0.15) is 97.7 Å². The van der Waals surface area contributed by atoms with Crippen LogP contribution in [0.4, 0.5) is 0 Å².